The van der Waals surface area contributed by atoms with Crippen LogP contribution < -0.4 is 54.0 Å². The topological polar surface area (TPSA) is 359 Å². The Morgan fingerprint density at radius 2 is 1.47 bits per heavy atom. The van der Waals surface area contributed by atoms with Gasteiger partial charge in [-0.15, -0.1) is 0 Å². The molecule has 0 radical (unpaired) electrons. The van der Waals surface area contributed by atoms with Crippen LogP contribution in [0.3, 0.4) is 0 Å². The third-order valence-electron chi connectivity index (χ3n) is 9.31. The lowest BCUT2D eigenvalue weighted by atomic mass is 9.98. The van der Waals surface area contributed by atoms with E-state index in [0.29, 0.717) is 19.3 Å². The Labute approximate surface area is 356 Å². The largest absolute Gasteiger partial charge is 0.481 e. The summed E-state index contributed by atoms with van der Waals surface area (Å²) >= 11 is 0. The Balaban J connectivity index is 3.62. The number of hydrogen-bond acceptors (Lipinski definition) is 14. The smallest absolute Gasteiger partial charge is 0.303 e. The zero-order chi connectivity index (χ0) is 45.7. The van der Waals surface area contributed by atoms with E-state index in [1.54, 1.807) is 27.7 Å². The number of carboxylic acids is 1. The summed E-state index contributed by atoms with van der Waals surface area (Å²) in [6.07, 6.45) is -1.00. The lowest BCUT2D eigenvalue weighted by molar-refractivity contribution is -0.138. The van der Waals surface area contributed by atoms with Crippen molar-refractivity contribution in [1.82, 2.24) is 42.5 Å². The lowest BCUT2D eigenvalue weighted by Gasteiger charge is -2.27. The minimum atomic E-state index is -1.62. The van der Waals surface area contributed by atoms with Crippen molar-refractivity contribution in [3.8, 4) is 0 Å². The molecule has 22 nitrogen and oxygen atoms in total. The van der Waals surface area contributed by atoms with Gasteiger partial charge < -0.3 is 64.2 Å². The van der Waals surface area contributed by atoms with E-state index in [1.165, 1.54) is 13.8 Å². The number of rotatable bonds is 19. The van der Waals surface area contributed by atoms with E-state index in [1.807, 2.05) is 0 Å². The molecular weight excluding hydrogens is 829 g/mol. The molecule has 0 bridgehead atoms. The molecule has 0 aromatic rings. The number of carbonyl (C=O) groups excluding carboxylic acids is 9. The van der Waals surface area contributed by atoms with Crippen LogP contribution in [0.4, 0.5) is 0 Å². The number of amides is 9. The third kappa shape index (κ3) is 19.1. The second kappa shape index (κ2) is 27.2. The number of carbonyl (C=O) groups is 10. The number of nitrogens with two attached hydrogens (primary N) is 2. The van der Waals surface area contributed by atoms with Crippen molar-refractivity contribution in [3.63, 3.8) is 0 Å². The predicted molar refractivity (Wildman–Crippen MR) is 222 cm³/mol. The fourth-order valence-electron chi connectivity index (χ4n) is 5.60. The van der Waals surface area contributed by atoms with Crippen molar-refractivity contribution in [3.05, 3.63) is 0 Å². The first-order valence-electron chi connectivity index (χ1n) is 19.6. The zero-order valence-electron chi connectivity index (χ0n) is 34.8. The summed E-state index contributed by atoms with van der Waals surface area (Å²) in [7, 11) is 1.90. The summed E-state index contributed by atoms with van der Waals surface area (Å²) in [5, 5.41) is 39.6. The molecule has 1 fully saturated rings. The molecule has 9 amide bonds. The summed E-state index contributed by atoms with van der Waals surface area (Å²) in [6, 6.07) is -9.35. The van der Waals surface area contributed by atoms with Gasteiger partial charge in [-0.1, -0.05) is 55.7 Å². The molecule has 0 unspecified atom stereocenters. The zero-order valence-corrected chi connectivity index (χ0v) is 36.4. The van der Waals surface area contributed by atoms with Crippen LogP contribution in [0.5, 0.6) is 0 Å². The van der Waals surface area contributed by atoms with E-state index >= 15 is 0 Å². The average Bonchev–Trinajstić information content (AvgIpc) is 3.17. The Kier molecular flexibility index (Phi) is 24.2. The molecule has 1 saturated heterocycles. The summed E-state index contributed by atoms with van der Waals surface area (Å²) in [4.78, 5) is 130. The standard InChI is InChI=1S/C36H62N10O12S2/c1-7-18(4)28-36(58)44-23(32(54)41-21(30(38)52)11-12-26(50)51)15-59-60-16-24(33(55)46-29(19(5)47)34(56)39-14-25(49)45-28)43-31(53)22(10-8-9-13-37)42-35(57)27(17(2)3)40-20(6)48/h17-19,21-24,27-29,47H,7-16,37H2,1-6H3,(H2,38,52)(H,39,56)(H,40,48)(H,41,54)(H,42,57)(H,43,53)(H,44,58)(H,45,49)(H,46,55)(H,50,51)/t18-,19+,21-,22-,23-,24-,27-,28-,29-/m0/s1. The van der Waals surface area contributed by atoms with Gasteiger partial charge in [-0.3, -0.25) is 47.9 Å². The molecule has 340 valence electrons. The van der Waals surface area contributed by atoms with E-state index in [0.717, 1.165) is 21.6 Å². The van der Waals surface area contributed by atoms with E-state index in [-0.39, 0.29) is 36.8 Å². The number of primary amides is 1. The molecule has 1 heterocycles. The van der Waals surface area contributed by atoms with Crippen LogP contribution in [-0.4, -0.2) is 142 Å². The number of aliphatic hydroxyl groups is 1. The highest BCUT2D eigenvalue weighted by molar-refractivity contribution is 8.76. The van der Waals surface area contributed by atoms with Crippen molar-refractivity contribution in [2.45, 2.75) is 128 Å². The fraction of sp³-hybridized carbons (Fsp3) is 0.722. The molecule has 0 aromatic carbocycles. The molecule has 1 aliphatic heterocycles. The second-order valence-corrected chi connectivity index (χ2v) is 17.3. The lowest BCUT2D eigenvalue weighted by Crippen LogP contribution is -2.61. The maximum Gasteiger partial charge on any atom is 0.303 e. The molecular formula is C36H62N10O12S2. The summed E-state index contributed by atoms with van der Waals surface area (Å²) in [5.41, 5.74) is 11.1. The van der Waals surface area contributed by atoms with Gasteiger partial charge in [0.15, 0.2) is 0 Å². The predicted octanol–water partition coefficient (Wildman–Crippen LogP) is -3.53. The SMILES string of the molecule is CC[C@H](C)[C@@H]1NC(=O)CNC(=O)[C@H]([C@@H](C)O)NC(=O)[C@@H](NC(=O)[C@H](CCCCN)NC(=O)[C@@H](NC(C)=O)C(C)C)CSSC[C@@H](C(=O)N[C@@H](CCC(=O)O)C(N)=O)NC1=O. The van der Waals surface area contributed by atoms with Gasteiger partial charge >= 0.3 is 5.97 Å². The van der Waals surface area contributed by atoms with Crippen LogP contribution in [0, 0.1) is 11.8 Å². The molecule has 9 atom stereocenters. The molecule has 0 aliphatic carbocycles. The van der Waals surface area contributed by atoms with Crippen molar-refractivity contribution in [2.75, 3.05) is 24.6 Å². The molecule has 1 aliphatic rings. The molecule has 1 rings (SSSR count). The van der Waals surface area contributed by atoms with Crippen LogP contribution in [0.1, 0.15) is 80.1 Å². The van der Waals surface area contributed by atoms with Gasteiger partial charge in [0.2, 0.25) is 53.2 Å². The minimum absolute atomic E-state index is 0.0869. The minimum Gasteiger partial charge on any atom is -0.481 e. The van der Waals surface area contributed by atoms with Gasteiger partial charge in [-0.25, -0.2) is 0 Å². The molecule has 14 N–H and O–H groups in total. The monoisotopic (exact) mass is 890 g/mol. The number of unbranched alkanes of at least 4 members (excludes halogenated alkanes) is 1. The van der Waals surface area contributed by atoms with Gasteiger partial charge in [0.05, 0.1) is 12.6 Å². The fourth-order valence-corrected chi connectivity index (χ4v) is 7.93. The number of aliphatic hydroxyl groups excluding tert-OH is 1. The normalized spacial score (nSPS) is 22.1. The average molecular weight is 891 g/mol. The first kappa shape index (κ1) is 53.3. The second-order valence-electron chi connectivity index (χ2n) is 14.7. The van der Waals surface area contributed by atoms with Gasteiger partial charge in [0.1, 0.15) is 42.3 Å². The number of hydrogen-bond donors (Lipinski definition) is 12. The maximum absolute atomic E-state index is 13.9. The highest BCUT2D eigenvalue weighted by Gasteiger charge is 2.35. The van der Waals surface area contributed by atoms with Crippen molar-refractivity contribution >= 4 is 80.7 Å². The van der Waals surface area contributed by atoms with Crippen molar-refractivity contribution in [2.24, 2.45) is 23.3 Å². The number of aliphatic carboxylic acids is 1. The molecule has 60 heavy (non-hydrogen) atoms. The van der Waals surface area contributed by atoms with Gasteiger partial charge in [-0.05, 0) is 51.0 Å². The first-order valence-corrected chi connectivity index (χ1v) is 22.1. The Morgan fingerprint density at radius 3 is 2.02 bits per heavy atom. The van der Waals surface area contributed by atoms with Gasteiger partial charge in [0, 0.05) is 24.9 Å². The van der Waals surface area contributed by atoms with Crippen LogP contribution in [0.25, 0.3) is 0 Å². The highest BCUT2D eigenvalue weighted by Crippen LogP contribution is 2.24. The summed E-state index contributed by atoms with van der Waals surface area (Å²) in [6.45, 7) is 8.85. The van der Waals surface area contributed by atoms with Crippen LogP contribution in [-0.2, 0) is 47.9 Å². The Morgan fingerprint density at radius 1 is 0.817 bits per heavy atom. The maximum atomic E-state index is 13.9. The van der Waals surface area contributed by atoms with Gasteiger partial charge in [-0.2, -0.15) is 0 Å². The molecule has 0 aromatic heterocycles. The molecule has 0 spiro atoms. The van der Waals surface area contributed by atoms with Crippen molar-refractivity contribution < 1.29 is 58.2 Å². The molecule has 0 saturated carbocycles. The van der Waals surface area contributed by atoms with Gasteiger partial charge in [0.25, 0.3) is 0 Å². The van der Waals surface area contributed by atoms with E-state index in [9.17, 15) is 53.1 Å². The number of carboxylic acid groups (broad SMARTS) is 1. The quantitative estimate of drug-likeness (QED) is 0.0442. The summed E-state index contributed by atoms with van der Waals surface area (Å²) in [5.74, 6) is -10.0. The van der Waals surface area contributed by atoms with E-state index in [2.05, 4.69) is 42.5 Å². The van der Waals surface area contributed by atoms with Crippen molar-refractivity contribution in [1.29, 1.82) is 0 Å². The number of nitrogens with one attached hydrogen (secondary N) is 8. The third-order valence-corrected chi connectivity index (χ3v) is 11.7. The van der Waals surface area contributed by atoms with Crippen LogP contribution >= 0.6 is 21.6 Å². The molecule has 24 heteroatoms. The first-order chi connectivity index (χ1) is 28.1. The highest BCUT2D eigenvalue weighted by atomic mass is 33.1. The van der Waals surface area contributed by atoms with Crippen LogP contribution in [0.15, 0.2) is 0 Å². The Bertz CT molecular complexity index is 1540. The Hall–Kier alpha value is -4.68. The van der Waals surface area contributed by atoms with E-state index < -0.39 is 126 Å². The summed E-state index contributed by atoms with van der Waals surface area (Å²) < 4.78 is 0. The van der Waals surface area contributed by atoms with Crippen LogP contribution in [0.2, 0.25) is 0 Å². The van der Waals surface area contributed by atoms with E-state index in [4.69, 9.17) is 16.6 Å².